The van der Waals surface area contributed by atoms with Gasteiger partial charge in [0, 0.05) is 18.0 Å². The fraction of sp³-hybridized carbons (Fsp3) is 0.273. The van der Waals surface area contributed by atoms with E-state index in [0.29, 0.717) is 34.5 Å². The monoisotopic (exact) mass is 509 g/mol. The number of fused-ring (bicyclic) bond motifs is 1. The number of aryl methyl sites for hydroxylation is 1. The zero-order chi connectivity index (χ0) is 25.6. The Morgan fingerprint density at radius 2 is 1.94 bits per heavy atom. The Morgan fingerprint density at radius 1 is 1.23 bits per heavy atom. The summed E-state index contributed by atoms with van der Waals surface area (Å²) in [6, 6.07) is 9.57. The molecular formula is C22H23ClF3N7O2. The van der Waals surface area contributed by atoms with Gasteiger partial charge in [-0.1, -0.05) is 11.6 Å². The first-order valence-electron chi connectivity index (χ1n) is 10.3. The van der Waals surface area contributed by atoms with E-state index in [9.17, 15) is 18.0 Å². The van der Waals surface area contributed by atoms with Crippen LogP contribution in [0, 0.1) is 0 Å². The number of anilines is 2. The Balaban J connectivity index is 0.000000371. The van der Waals surface area contributed by atoms with E-state index in [0.717, 1.165) is 23.4 Å². The molecule has 0 amide bonds. The van der Waals surface area contributed by atoms with Crippen LogP contribution in [-0.4, -0.2) is 57.1 Å². The van der Waals surface area contributed by atoms with Crippen molar-refractivity contribution >= 4 is 40.4 Å². The molecule has 0 aliphatic rings. The number of aromatic nitrogens is 5. The van der Waals surface area contributed by atoms with E-state index in [1.807, 2.05) is 24.3 Å². The minimum atomic E-state index is -4.10. The Bertz CT molecular complexity index is 1270. The van der Waals surface area contributed by atoms with E-state index in [1.165, 1.54) is 7.05 Å². The van der Waals surface area contributed by atoms with Crippen LogP contribution in [0.25, 0.3) is 22.3 Å². The lowest BCUT2D eigenvalue weighted by atomic mass is 10.2. The molecule has 0 spiro atoms. The Kier molecular flexibility index (Phi) is 8.30. The number of nitrogens with one attached hydrogen (secondary N) is 3. The molecule has 0 aliphatic heterocycles. The zero-order valence-electron chi connectivity index (χ0n) is 19.0. The maximum Gasteiger partial charge on any atom is 0.403 e. The Hall–Kier alpha value is -3.64. The van der Waals surface area contributed by atoms with Crippen molar-refractivity contribution in [1.82, 2.24) is 30.3 Å². The molecule has 2 aromatic heterocycles. The molecule has 0 fully saturated rings. The van der Waals surface area contributed by atoms with Gasteiger partial charge >= 0.3 is 6.18 Å². The van der Waals surface area contributed by atoms with Crippen LogP contribution in [0.4, 0.5) is 24.8 Å². The molecular weight excluding hydrogens is 487 g/mol. The van der Waals surface area contributed by atoms with E-state index in [2.05, 4.69) is 30.9 Å². The van der Waals surface area contributed by atoms with Crippen molar-refractivity contribution in [3.05, 3.63) is 47.6 Å². The third kappa shape index (κ3) is 6.49. The molecule has 2 aromatic carbocycles. The van der Waals surface area contributed by atoms with E-state index in [1.54, 1.807) is 30.1 Å². The highest BCUT2D eigenvalue weighted by atomic mass is 35.5. The van der Waals surface area contributed by atoms with Crippen molar-refractivity contribution in [2.45, 2.75) is 19.1 Å². The summed E-state index contributed by atoms with van der Waals surface area (Å²) in [5, 5.41) is 18.0. The van der Waals surface area contributed by atoms with Gasteiger partial charge in [-0.05, 0) is 50.4 Å². The quantitative estimate of drug-likeness (QED) is 0.315. The van der Waals surface area contributed by atoms with Gasteiger partial charge in [-0.25, -0.2) is 4.68 Å². The first-order valence-corrected chi connectivity index (χ1v) is 10.7. The maximum absolute atomic E-state index is 11.4. The van der Waals surface area contributed by atoms with Gasteiger partial charge in [-0.2, -0.15) is 23.3 Å². The summed E-state index contributed by atoms with van der Waals surface area (Å²) in [6.45, 7) is 1.09. The topological polar surface area (TPSA) is 110 Å². The molecule has 9 nitrogen and oxygen atoms in total. The second-order valence-corrected chi connectivity index (χ2v) is 7.70. The average molecular weight is 510 g/mol. The summed E-state index contributed by atoms with van der Waals surface area (Å²) in [5.74, 6) is 1.72. The first kappa shape index (κ1) is 26.0. The number of carbonyl (C=O) groups is 1. The van der Waals surface area contributed by atoms with E-state index in [-0.39, 0.29) is 6.61 Å². The number of hydrogen-bond acceptors (Lipinski definition) is 7. The standard InChI is InChI=1S/C18H15ClN6O2.C4H8F3N/c1-25-18(21-15-7-6-14-13(16(15)19)10-20-23-14)22-17(24-25)11-2-4-12(5-3-11)27-9-8-26;1-3(8-2)4(5,6)7/h2-8,10H,9H2,1H3,(H,20,23)(H,21,22,24);3,8H,1-2H3. The SMILES string of the molecule is CNC(C)C(F)(F)F.Cn1nc(-c2ccc(OCC=O)cc2)nc1Nc1ccc2[nH]ncc2c1Cl. The molecule has 0 saturated carbocycles. The molecule has 0 radical (unpaired) electrons. The van der Waals surface area contributed by atoms with Crippen molar-refractivity contribution in [2.24, 2.45) is 7.05 Å². The van der Waals surface area contributed by atoms with Crippen LogP contribution in [0.3, 0.4) is 0 Å². The van der Waals surface area contributed by atoms with Gasteiger partial charge in [0.1, 0.15) is 18.4 Å². The molecule has 35 heavy (non-hydrogen) atoms. The van der Waals surface area contributed by atoms with Crippen LogP contribution in [0.1, 0.15) is 6.92 Å². The number of aldehydes is 1. The third-order valence-electron chi connectivity index (χ3n) is 4.92. The van der Waals surface area contributed by atoms with Crippen LogP contribution in [0.5, 0.6) is 5.75 Å². The predicted molar refractivity (Wildman–Crippen MR) is 127 cm³/mol. The van der Waals surface area contributed by atoms with Crippen LogP contribution >= 0.6 is 11.6 Å². The summed E-state index contributed by atoms with van der Waals surface area (Å²) in [4.78, 5) is 14.9. The van der Waals surface area contributed by atoms with Crippen molar-refractivity contribution < 1.29 is 22.7 Å². The molecule has 1 unspecified atom stereocenters. The van der Waals surface area contributed by atoms with E-state index >= 15 is 0 Å². The predicted octanol–water partition coefficient (Wildman–Crippen LogP) is 4.49. The zero-order valence-corrected chi connectivity index (χ0v) is 19.8. The maximum atomic E-state index is 11.4. The fourth-order valence-corrected chi connectivity index (χ4v) is 3.07. The normalized spacial score (nSPS) is 12.1. The van der Waals surface area contributed by atoms with Crippen LogP contribution in [-0.2, 0) is 11.8 Å². The van der Waals surface area contributed by atoms with Gasteiger partial charge in [-0.15, -0.1) is 5.10 Å². The summed E-state index contributed by atoms with van der Waals surface area (Å²) < 4.78 is 41.0. The molecule has 0 saturated heterocycles. The second-order valence-electron chi connectivity index (χ2n) is 7.32. The Morgan fingerprint density at radius 3 is 2.54 bits per heavy atom. The molecule has 1 atom stereocenters. The number of rotatable bonds is 7. The van der Waals surface area contributed by atoms with Crippen molar-refractivity contribution in [3.8, 4) is 17.1 Å². The highest BCUT2D eigenvalue weighted by Crippen LogP contribution is 2.32. The van der Waals surface area contributed by atoms with Gasteiger partial charge in [0.25, 0.3) is 0 Å². The van der Waals surface area contributed by atoms with Crippen molar-refractivity contribution in [3.63, 3.8) is 0 Å². The number of H-pyrrole nitrogens is 1. The van der Waals surface area contributed by atoms with E-state index in [4.69, 9.17) is 16.3 Å². The molecule has 2 heterocycles. The summed E-state index contributed by atoms with van der Waals surface area (Å²) >= 11 is 6.45. The molecule has 4 aromatic rings. The van der Waals surface area contributed by atoms with Crippen LogP contribution in [0.2, 0.25) is 5.02 Å². The smallest absolute Gasteiger partial charge is 0.403 e. The number of benzene rings is 2. The third-order valence-corrected chi connectivity index (χ3v) is 5.33. The van der Waals surface area contributed by atoms with Crippen molar-refractivity contribution in [2.75, 3.05) is 19.0 Å². The molecule has 3 N–H and O–H groups in total. The molecule has 13 heteroatoms. The molecule has 4 rings (SSSR count). The lowest BCUT2D eigenvalue weighted by Gasteiger charge is -2.13. The van der Waals surface area contributed by atoms with Crippen LogP contribution in [0.15, 0.2) is 42.6 Å². The minimum Gasteiger partial charge on any atom is -0.486 e. The summed E-state index contributed by atoms with van der Waals surface area (Å²) in [5.41, 5.74) is 2.40. The summed E-state index contributed by atoms with van der Waals surface area (Å²) in [7, 11) is 3.07. The number of carbonyl (C=O) groups excluding carboxylic acids is 1. The molecule has 0 bridgehead atoms. The number of nitrogens with zero attached hydrogens (tertiary/aromatic N) is 4. The van der Waals surface area contributed by atoms with Crippen LogP contribution < -0.4 is 15.4 Å². The molecule has 0 aliphatic carbocycles. The van der Waals surface area contributed by atoms with E-state index < -0.39 is 12.2 Å². The summed E-state index contributed by atoms with van der Waals surface area (Å²) in [6.07, 6.45) is -1.72. The Labute approximate surface area is 203 Å². The average Bonchev–Trinajstić information content (AvgIpc) is 3.46. The van der Waals surface area contributed by atoms with Crippen molar-refractivity contribution in [1.29, 1.82) is 0 Å². The fourth-order valence-electron chi connectivity index (χ4n) is 2.81. The van der Waals surface area contributed by atoms with Gasteiger partial charge in [0.2, 0.25) is 5.95 Å². The van der Waals surface area contributed by atoms with Gasteiger partial charge in [-0.3, -0.25) is 9.89 Å². The number of hydrogen-bond donors (Lipinski definition) is 3. The highest BCUT2D eigenvalue weighted by Gasteiger charge is 2.34. The lowest BCUT2D eigenvalue weighted by molar-refractivity contribution is -0.150. The number of ether oxygens (including phenoxy) is 1. The second kappa shape index (κ2) is 11.2. The minimum absolute atomic E-state index is 0.0248. The van der Waals surface area contributed by atoms with Gasteiger partial charge in [0.05, 0.1) is 22.4 Å². The number of halogens is 4. The number of aromatic amines is 1. The van der Waals surface area contributed by atoms with Gasteiger partial charge in [0.15, 0.2) is 12.1 Å². The first-order chi connectivity index (χ1) is 16.6. The number of alkyl halides is 3. The van der Waals surface area contributed by atoms with Gasteiger partial charge < -0.3 is 15.4 Å². The lowest BCUT2D eigenvalue weighted by Crippen LogP contribution is -2.36. The highest BCUT2D eigenvalue weighted by molar-refractivity contribution is 6.38. The largest absolute Gasteiger partial charge is 0.486 e. The molecule has 186 valence electrons.